The molecule has 0 spiro atoms. The third-order valence-electron chi connectivity index (χ3n) is 7.85. The number of nitriles is 1. The van der Waals surface area contributed by atoms with Crippen LogP contribution in [0.25, 0.3) is 10.9 Å². The highest BCUT2D eigenvalue weighted by atomic mass is 35.5. The first kappa shape index (κ1) is 25.7. The summed E-state index contributed by atoms with van der Waals surface area (Å²) < 4.78 is 15.8. The molecule has 1 saturated carbocycles. The van der Waals surface area contributed by atoms with Crippen molar-refractivity contribution in [3.8, 4) is 6.07 Å². The number of pyridine rings is 1. The van der Waals surface area contributed by atoms with Gasteiger partial charge in [0.05, 0.1) is 45.1 Å². The first-order chi connectivity index (χ1) is 20.0. The highest BCUT2D eigenvalue weighted by molar-refractivity contribution is 6.36. The van der Waals surface area contributed by atoms with Crippen LogP contribution in [0, 0.1) is 29.0 Å². The number of hydrogen-bond donors (Lipinski definition) is 3. The van der Waals surface area contributed by atoms with E-state index in [-0.39, 0.29) is 11.1 Å². The maximum Gasteiger partial charge on any atom is 0.141 e. The summed E-state index contributed by atoms with van der Waals surface area (Å²) in [6, 6.07) is 20.2. The molecule has 1 aliphatic carbocycles. The lowest BCUT2D eigenvalue weighted by molar-refractivity contribution is 0.509. The first-order valence-electron chi connectivity index (χ1n) is 13.2. The number of benzene rings is 3. The minimum absolute atomic E-state index is 0.0305. The monoisotopic (exact) mass is 584 g/mol. The number of nitrogens with one attached hydrogen (secondary N) is 3. The van der Waals surface area contributed by atoms with Crippen LogP contribution in [0.5, 0.6) is 0 Å². The van der Waals surface area contributed by atoms with Crippen molar-refractivity contribution < 1.29 is 4.39 Å². The molecule has 1 aliphatic heterocycles. The van der Waals surface area contributed by atoms with Gasteiger partial charge in [-0.05, 0) is 35.9 Å². The first-order valence-corrected chi connectivity index (χ1v) is 13.9. The zero-order chi connectivity index (χ0) is 28.1. The number of rotatable bonds is 7. The quantitative estimate of drug-likeness (QED) is 0.201. The van der Waals surface area contributed by atoms with Crippen LogP contribution in [0.3, 0.4) is 0 Å². The molecule has 3 N–H and O–H groups in total. The van der Waals surface area contributed by atoms with E-state index in [2.05, 4.69) is 37.3 Å². The molecule has 2 aromatic heterocycles. The Labute approximate surface area is 245 Å². The van der Waals surface area contributed by atoms with Gasteiger partial charge in [-0.15, -0.1) is 5.10 Å². The van der Waals surface area contributed by atoms with E-state index >= 15 is 0 Å². The van der Waals surface area contributed by atoms with E-state index in [0.29, 0.717) is 56.4 Å². The van der Waals surface area contributed by atoms with E-state index in [1.165, 1.54) is 18.3 Å². The zero-order valence-corrected chi connectivity index (χ0v) is 23.0. The Morgan fingerprint density at radius 2 is 1.80 bits per heavy atom. The molecule has 2 fully saturated rings. The van der Waals surface area contributed by atoms with Gasteiger partial charge >= 0.3 is 0 Å². The van der Waals surface area contributed by atoms with Gasteiger partial charge in [-0.25, -0.2) is 9.07 Å². The number of piperidine rings is 1. The standard InChI is InChI=1S/C30H23Cl2FN8/c31-23-9-18(6-7-25(23)33)37-27-17(11-34)12-36-29-20(27)8-19(10-24(29)32)38-28(16-4-2-1-3-5-16)26-15-41(40-39-26)30-21-13-35-14-22(21)30/h1-10,12,15,21-22,28,30,35,38H,13-14H2,(H,36,37)/t21-,22+,28-,30?/m0/s1. The molecule has 204 valence electrons. The van der Waals surface area contributed by atoms with Crippen LogP contribution in [0.15, 0.2) is 73.1 Å². The lowest BCUT2D eigenvalue weighted by atomic mass is 10.0. The fourth-order valence-corrected chi connectivity index (χ4v) is 6.22. The summed E-state index contributed by atoms with van der Waals surface area (Å²) in [4.78, 5) is 4.44. The van der Waals surface area contributed by atoms with Gasteiger partial charge in [0.15, 0.2) is 0 Å². The average molecular weight is 585 g/mol. The molecule has 4 atom stereocenters. The Kier molecular flexibility index (Phi) is 6.47. The molecule has 3 aromatic carbocycles. The minimum atomic E-state index is -0.530. The molecule has 0 amide bonds. The Morgan fingerprint density at radius 3 is 2.56 bits per heavy atom. The van der Waals surface area contributed by atoms with Crippen molar-refractivity contribution in [2.24, 2.45) is 11.8 Å². The van der Waals surface area contributed by atoms with Crippen LogP contribution in [-0.4, -0.2) is 33.1 Å². The molecule has 3 heterocycles. The Morgan fingerprint density at radius 1 is 1.02 bits per heavy atom. The van der Waals surface area contributed by atoms with Crippen LogP contribution >= 0.6 is 23.2 Å². The second kappa shape index (κ2) is 10.3. The second-order valence-corrected chi connectivity index (χ2v) is 11.2. The van der Waals surface area contributed by atoms with E-state index in [4.69, 9.17) is 23.2 Å². The summed E-state index contributed by atoms with van der Waals surface area (Å²) in [5.74, 6) is 0.684. The number of aromatic nitrogens is 4. The molecule has 2 aliphatic rings. The number of hydrogen-bond acceptors (Lipinski definition) is 7. The molecule has 11 heteroatoms. The van der Waals surface area contributed by atoms with Crippen molar-refractivity contribution in [2.45, 2.75) is 12.1 Å². The highest BCUT2D eigenvalue weighted by Crippen LogP contribution is 2.52. The molecule has 0 bridgehead atoms. The molecular formula is C30H23Cl2FN8. The van der Waals surface area contributed by atoms with Gasteiger partial charge in [-0.3, -0.25) is 4.98 Å². The molecule has 1 saturated heterocycles. The summed E-state index contributed by atoms with van der Waals surface area (Å²) in [5.41, 5.74) is 4.33. The topological polar surface area (TPSA) is 103 Å². The average Bonchev–Trinajstić information content (AvgIpc) is 3.31. The molecule has 7 rings (SSSR count). The maximum atomic E-state index is 13.8. The molecule has 1 unspecified atom stereocenters. The Balaban J connectivity index is 1.28. The SMILES string of the molecule is N#Cc1cnc2c(Cl)cc(N[C@@H](c3ccccc3)c3cn(C4[C@H]5CNC[C@@H]45)nn3)cc2c1Nc1ccc(F)c(Cl)c1. The smallest absolute Gasteiger partial charge is 0.141 e. The highest BCUT2D eigenvalue weighted by Gasteiger charge is 2.55. The van der Waals surface area contributed by atoms with Crippen LogP contribution in [0.4, 0.5) is 21.5 Å². The predicted octanol–water partition coefficient (Wildman–Crippen LogP) is 6.48. The summed E-state index contributed by atoms with van der Waals surface area (Å²) in [7, 11) is 0. The van der Waals surface area contributed by atoms with Crippen molar-refractivity contribution in [1.82, 2.24) is 25.3 Å². The molecule has 41 heavy (non-hydrogen) atoms. The van der Waals surface area contributed by atoms with Gasteiger partial charge in [-0.2, -0.15) is 5.26 Å². The van der Waals surface area contributed by atoms with Gasteiger partial charge in [-0.1, -0.05) is 58.7 Å². The Hall–Kier alpha value is -4.23. The van der Waals surface area contributed by atoms with Crippen LogP contribution in [0.1, 0.15) is 28.9 Å². The fraction of sp³-hybridized carbons (Fsp3) is 0.200. The Bertz CT molecular complexity index is 1810. The summed E-state index contributed by atoms with van der Waals surface area (Å²) in [5, 5.41) is 30.1. The van der Waals surface area contributed by atoms with Crippen molar-refractivity contribution in [1.29, 1.82) is 5.26 Å². The predicted molar refractivity (Wildman–Crippen MR) is 157 cm³/mol. The number of fused-ring (bicyclic) bond motifs is 2. The summed E-state index contributed by atoms with van der Waals surface area (Å²) >= 11 is 12.8. The van der Waals surface area contributed by atoms with Gasteiger partial charge in [0.2, 0.25) is 0 Å². The van der Waals surface area contributed by atoms with Crippen molar-refractivity contribution in [3.63, 3.8) is 0 Å². The van der Waals surface area contributed by atoms with Crippen molar-refractivity contribution in [3.05, 3.63) is 106 Å². The second-order valence-electron chi connectivity index (χ2n) is 10.4. The van der Waals surface area contributed by atoms with E-state index in [1.807, 2.05) is 47.3 Å². The zero-order valence-electron chi connectivity index (χ0n) is 21.5. The van der Waals surface area contributed by atoms with Crippen LogP contribution in [-0.2, 0) is 0 Å². The largest absolute Gasteiger partial charge is 0.373 e. The summed E-state index contributed by atoms with van der Waals surface area (Å²) in [6.45, 7) is 2.03. The molecule has 0 radical (unpaired) electrons. The van der Waals surface area contributed by atoms with E-state index in [0.717, 1.165) is 24.3 Å². The van der Waals surface area contributed by atoms with Crippen molar-refractivity contribution in [2.75, 3.05) is 23.7 Å². The minimum Gasteiger partial charge on any atom is -0.373 e. The number of halogens is 3. The van der Waals surface area contributed by atoms with E-state index in [1.54, 1.807) is 12.1 Å². The van der Waals surface area contributed by atoms with E-state index in [9.17, 15) is 9.65 Å². The van der Waals surface area contributed by atoms with Crippen LogP contribution < -0.4 is 16.0 Å². The number of nitrogens with zero attached hydrogens (tertiary/aromatic N) is 5. The lowest BCUT2D eigenvalue weighted by Gasteiger charge is -2.20. The van der Waals surface area contributed by atoms with Crippen molar-refractivity contribution >= 4 is 51.2 Å². The van der Waals surface area contributed by atoms with E-state index < -0.39 is 5.82 Å². The number of anilines is 3. The molecule has 8 nitrogen and oxygen atoms in total. The van der Waals surface area contributed by atoms with Gasteiger partial charge in [0.1, 0.15) is 17.6 Å². The van der Waals surface area contributed by atoms with Gasteiger partial charge in [0, 0.05) is 47.9 Å². The third-order valence-corrected chi connectivity index (χ3v) is 8.43. The summed E-state index contributed by atoms with van der Waals surface area (Å²) in [6.07, 6.45) is 3.49. The third kappa shape index (κ3) is 4.74. The lowest BCUT2D eigenvalue weighted by Crippen LogP contribution is -2.17. The maximum absolute atomic E-state index is 13.8. The molecule has 5 aromatic rings. The van der Waals surface area contributed by atoms with Gasteiger partial charge in [0.25, 0.3) is 0 Å². The normalized spacial score (nSPS) is 19.9. The fourth-order valence-electron chi connectivity index (χ4n) is 5.77. The van der Waals surface area contributed by atoms with Gasteiger partial charge < -0.3 is 16.0 Å². The van der Waals surface area contributed by atoms with Crippen LogP contribution in [0.2, 0.25) is 10.0 Å². The molecular weight excluding hydrogens is 562 g/mol.